The van der Waals surface area contributed by atoms with E-state index < -0.39 is 0 Å². The molecule has 2 aliphatic rings. The van der Waals surface area contributed by atoms with Crippen LogP contribution in [0.4, 0.5) is 0 Å². The van der Waals surface area contributed by atoms with Gasteiger partial charge in [-0.15, -0.1) is 0 Å². The maximum Gasteiger partial charge on any atom is 0.306 e. The minimum atomic E-state index is -0.326. The number of ether oxygens (including phenoxy) is 3. The van der Waals surface area contributed by atoms with Crippen LogP contribution in [0.2, 0.25) is 0 Å². The Labute approximate surface area is 225 Å². The lowest BCUT2D eigenvalue weighted by atomic mass is 10.1. The molecule has 0 unspecified atom stereocenters. The van der Waals surface area contributed by atoms with Crippen molar-refractivity contribution >= 4 is 18.3 Å². The number of amides is 2. The zero-order valence-corrected chi connectivity index (χ0v) is 23.2. The van der Waals surface area contributed by atoms with Crippen molar-refractivity contribution < 1.29 is 28.6 Å². The van der Waals surface area contributed by atoms with Gasteiger partial charge in [0.2, 0.25) is 6.41 Å². The fraction of sp³-hybridized carbons (Fsp3) is 0.483. The second-order valence-corrected chi connectivity index (χ2v) is 10.0. The number of hydrogen-bond donors (Lipinski definition) is 1. The molecule has 208 valence electrons. The van der Waals surface area contributed by atoms with Crippen LogP contribution >= 0.6 is 0 Å². The van der Waals surface area contributed by atoms with Crippen molar-refractivity contribution in [2.75, 3.05) is 33.4 Å². The Hall–Kier alpha value is -3.43. The van der Waals surface area contributed by atoms with Crippen LogP contribution in [0.15, 0.2) is 42.5 Å². The molecule has 9 nitrogen and oxygen atoms in total. The molecule has 2 N–H and O–H groups in total. The van der Waals surface area contributed by atoms with E-state index in [0.29, 0.717) is 19.6 Å². The molecule has 2 aromatic carbocycles. The largest absolute Gasteiger partial charge is 0.489 e. The van der Waals surface area contributed by atoms with E-state index in [2.05, 4.69) is 34.9 Å². The molecule has 0 atom stereocenters. The van der Waals surface area contributed by atoms with E-state index in [-0.39, 0.29) is 23.9 Å². The summed E-state index contributed by atoms with van der Waals surface area (Å²) in [5.74, 6) is 0.734. The SMILES string of the molecule is CCC(=O)OC(C)(C)C.CN1Cc2c(OCc3ccc(CN4CCOCC4)cc3)cccc2C1=O.NC=O. The van der Waals surface area contributed by atoms with E-state index >= 15 is 0 Å². The number of carbonyl (C=O) groups excluding carboxylic acids is 3. The van der Waals surface area contributed by atoms with Crippen molar-refractivity contribution in [1.29, 1.82) is 0 Å². The fourth-order valence-corrected chi connectivity index (χ4v) is 3.91. The molecule has 2 aromatic rings. The Morgan fingerprint density at radius 3 is 2.24 bits per heavy atom. The van der Waals surface area contributed by atoms with E-state index in [9.17, 15) is 9.59 Å². The average Bonchev–Trinajstić information content (AvgIpc) is 3.18. The first-order valence-electron chi connectivity index (χ1n) is 12.8. The Bertz CT molecular complexity index is 1040. The van der Waals surface area contributed by atoms with Gasteiger partial charge in [0.15, 0.2) is 0 Å². The number of nitrogens with zero attached hydrogens (tertiary/aromatic N) is 2. The van der Waals surface area contributed by atoms with Crippen molar-refractivity contribution in [3.05, 3.63) is 64.7 Å². The molecule has 0 aromatic heterocycles. The van der Waals surface area contributed by atoms with Crippen molar-refractivity contribution in [2.24, 2.45) is 5.73 Å². The second-order valence-electron chi connectivity index (χ2n) is 10.0. The van der Waals surface area contributed by atoms with E-state index in [4.69, 9.17) is 19.0 Å². The molecule has 1 saturated heterocycles. The van der Waals surface area contributed by atoms with Crippen LogP contribution in [0.5, 0.6) is 5.75 Å². The molecule has 4 rings (SSSR count). The number of fused-ring (bicyclic) bond motifs is 1. The first kappa shape index (κ1) is 30.8. The summed E-state index contributed by atoms with van der Waals surface area (Å²) in [4.78, 5) is 35.4. The summed E-state index contributed by atoms with van der Waals surface area (Å²) in [5, 5.41) is 0. The van der Waals surface area contributed by atoms with Crippen LogP contribution in [-0.4, -0.2) is 67.0 Å². The highest BCUT2D eigenvalue weighted by atomic mass is 16.6. The Morgan fingerprint density at radius 1 is 1.08 bits per heavy atom. The first-order valence-corrected chi connectivity index (χ1v) is 12.8. The van der Waals surface area contributed by atoms with Crippen molar-refractivity contribution in [1.82, 2.24) is 9.80 Å². The maximum atomic E-state index is 12.1. The number of benzene rings is 2. The monoisotopic (exact) mass is 527 g/mol. The van der Waals surface area contributed by atoms with Crippen LogP contribution in [0.25, 0.3) is 0 Å². The van der Waals surface area contributed by atoms with Crippen LogP contribution < -0.4 is 10.5 Å². The van der Waals surface area contributed by atoms with Gasteiger partial charge in [-0.2, -0.15) is 0 Å². The Kier molecular flexibility index (Phi) is 12.2. The van der Waals surface area contributed by atoms with Crippen molar-refractivity contribution in [3.63, 3.8) is 0 Å². The number of esters is 1. The van der Waals surface area contributed by atoms with Gasteiger partial charge >= 0.3 is 5.97 Å². The van der Waals surface area contributed by atoms with Gasteiger partial charge in [0.25, 0.3) is 5.91 Å². The Morgan fingerprint density at radius 2 is 1.68 bits per heavy atom. The molecule has 2 amide bonds. The quantitative estimate of drug-likeness (QED) is 0.452. The third-order valence-electron chi connectivity index (χ3n) is 5.74. The summed E-state index contributed by atoms with van der Waals surface area (Å²) in [5.41, 5.74) is 8.02. The predicted octanol–water partition coefficient (Wildman–Crippen LogP) is 3.52. The summed E-state index contributed by atoms with van der Waals surface area (Å²) >= 11 is 0. The number of morpholine rings is 1. The molecular formula is C29H41N3O6. The molecule has 9 heteroatoms. The second kappa shape index (κ2) is 15.1. The van der Waals surface area contributed by atoms with E-state index in [1.807, 2.05) is 46.0 Å². The minimum Gasteiger partial charge on any atom is -0.489 e. The van der Waals surface area contributed by atoms with Gasteiger partial charge in [-0.25, -0.2) is 0 Å². The molecule has 0 spiro atoms. The third-order valence-corrected chi connectivity index (χ3v) is 5.74. The summed E-state index contributed by atoms with van der Waals surface area (Å²) in [6, 6.07) is 14.3. The lowest BCUT2D eigenvalue weighted by molar-refractivity contribution is -0.154. The minimum absolute atomic E-state index is 0.0675. The van der Waals surface area contributed by atoms with Crippen molar-refractivity contribution in [2.45, 2.75) is 59.4 Å². The lowest BCUT2D eigenvalue weighted by Gasteiger charge is -2.26. The van der Waals surface area contributed by atoms with Gasteiger partial charge in [0.05, 0.1) is 19.8 Å². The average molecular weight is 528 g/mol. The maximum absolute atomic E-state index is 12.1. The summed E-state index contributed by atoms with van der Waals surface area (Å²) < 4.78 is 16.4. The van der Waals surface area contributed by atoms with Gasteiger partial charge in [-0.05, 0) is 44.0 Å². The Balaban J connectivity index is 0.000000357. The van der Waals surface area contributed by atoms with Gasteiger partial charge in [0, 0.05) is 44.2 Å². The van der Waals surface area contributed by atoms with Crippen LogP contribution in [-0.2, 0) is 38.8 Å². The van der Waals surface area contributed by atoms with Gasteiger partial charge in [-0.1, -0.05) is 37.3 Å². The topological polar surface area (TPSA) is 111 Å². The summed E-state index contributed by atoms with van der Waals surface area (Å²) in [6.45, 7) is 13.1. The molecule has 0 radical (unpaired) electrons. The van der Waals surface area contributed by atoms with E-state index in [1.54, 1.807) is 11.8 Å². The van der Waals surface area contributed by atoms with Gasteiger partial charge in [0.1, 0.15) is 18.0 Å². The number of primary amides is 1. The highest BCUT2D eigenvalue weighted by molar-refractivity contribution is 5.98. The zero-order chi connectivity index (χ0) is 28.1. The van der Waals surface area contributed by atoms with Gasteiger partial charge in [-0.3, -0.25) is 19.3 Å². The predicted molar refractivity (Wildman–Crippen MR) is 145 cm³/mol. The van der Waals surface area contributed by atoms with Crippen LogP contribution in [0.1, 0.15) is 61.2 Å². The highest BCUT2D eigenvalue weighted by Gasteiger charge is 2.27. The smallest absolute Gasteiger partial charge is 0.306 e. The zero-order valence-electron chi connectivity index (χ0n) is 23.2. The molecule has 0 bridgehead atoms. The highest BCUT2D eigenvalue weighted by Crippen LogP contribution is 2.30. The van der Waals surface area contributed by atoms with Crippen molar-refractivity contribution in [3.8, 4) is 5.75 Å². The van der Waals surface area contributed by atoms with Gasteiger partial charge < -0.3 is 24.8 Å². The summed E-state index contributed by atoms with van der Waals surface area (Å²) in [6.07, 6.45) is 0.706. The molecule has 0 aliphatic carbocycles. The number of rotatable bonds is 6. The molecule has 1 fully saturated rings. The summed E-state index contributed by atoms with van der Waals surface area (Å²) in [7, 11) is 1.82. The first-order chi connectivity index (χ1) is 18.1. The van der Waals surface area contributed by atoms with Crippen LogP contribution in [0.3, 0.4) is 0 Å². The molecule has 38 heavy (non-hydrogen) atoms. The fourth-order valence-electron chi connectivity index (χ4n) is 3.91. The lowest BCUT2D eigenvalue weighted by Crippen LogP contribution is -2.35. The number of hydrogen-bond acceptors (Lipinski definition) is 7. The van der Waals surface area contributed by atoms with Crippen LogP contribution in [0, 0.1) is 0 Å². The third kappa shape index (κ3) is 10.1. The number of carbonyl (C=O) groups is 3. The van der Waals surface area contributed by atoms with E-state index in [1.165, 1.54) is 5.56 Å². The standard InChI is InChI=1S/C21H24N2O3.C7H14O2.CH3NO/c1-22-14-19-18(21(22)24)3-2-4-20(19)26-15-17-7-5-16(6-8-17)13-23-9-11-25-12-10-23;1-5-6(8)9-7(2,3)4;2-1-3/h2-8H,9-15H2,1H3;5H2,1-4H3;1H,(H2,2,3). The number of nitrogens with two attached hydrogens (primary N) is 1. The molecule has 2 heterocycles. The molecule has 2 aliphatic heterocycles. The normalized spacial score (nSPS) is 14.9. The van der Waals surface area contributed by atoms with E-state index in [0.717, 1.165) is 55.3 Å². The molecule has 0 saturated carbocycles. The molecular weight excluding hydrogens is 486 g/mol.